The Hall–Kier alpha value is -3.04. The zero-order valence-corrected chi connectivity index (χ0v) is 11.3. The molecule has 0 aliphatic heterocycles. The Morgan fingerprint density at radius 2 is 2.29 bits per heavy atom. The first-order valence-electron chi connectivity index (χ1n) is 5.81. The molecule has 0 saturated carbocycles. The number of rotatable bonds is 5. The third-order valence-electron chi connectivity index (χ3n) is 2.68. The zero-order chi connectivity index (χ0) is 15.4. The van der Waals surface area contributed by atoms with Crippen LogP contribution in [-0.4, -0.2) is 45.2 Å². The number of methoxy groups -OCH3 is 1. The number of anilines is 1. The molecule has 0 saturated heterocycles. The number of carbonyl (C=O) groups excluding carboxylic acids is 1. The van der Waals surface area contributed by atoms with Gasteiger partial charge in [0.2, 0.25) is 5.82 Å². The van der Waals surface area contributed by atoms with Crippen molar-refractivity contribution in [1.82, 2.24) is 20.2 Å². The summed E-state index contributed by atoms with van der Waals surface area (Å²) >= 11 is 0. The number of nitrogens with one attached hydrogen (secondary N) is 1. The molecule has 0 spiro atoms. The SMILES string of the molecule is COC(=O)c1cnc(N(C)Cc2ncn[nH]2)c([N+](=O)[O-])c1. The van der Waals surface area contributed by atoms with Crippen LogP contribution in [0, 0.1) is 10.1 Å². The van der Waals surface area contributed by atoms with Gasteiger partial charge in [-0.2, -0.15) is 5.10 Å². The summed E-state index contributed by atoms with van der Waals surface area (Å²) in [5.74, 6) is -0.0373. The number of pyridine rings is 1. The minimum absolute atomic E-state index is 0.0148. The molecule has 21 heavy (non-hydrogen) atoms. The topological polar surface area (TPSA) is 127 Å². The summed E-state index contributed by atoms with van der Waals surface area (Å²) in [6, 6.07) is 1.13. The molecule has 0 radical (unpaired) electrons. The van der Waals surface area contributed by atoms with E-state index in [-0.39, 0.29) is 23.6 Å². The van der Waals surface area contributed by atoms with E-state index in [1.54, 1.807) is 7.05 Å². The molecular weight excluding hydrogens is 280 g/mol. The largest absolute Gasteiger partial charge is 0.465 e. The molecule has 2 aromatic heterocycles. The molecule has 10 heteroatoms. The van der Waals surface area contributed by atoms with Crippen LogP contribution < -0.4 is 4.90 Å². The van der Waals surface area contributed by atoms with Crippen LogP contribution in [0.2, 0.25) is 0 Å². The van der Waals surface area contributed by atoms with Gasteiger partial charge in [-0.1, -0.05) is 0 Å². The van der Waals surface area contributed by atoms with Gasteiger partial charge in [0.25, 0.3) is 0 Å². The summed E-state index contributed by atoms with van der Waals surface area (Å²) in [5.41, 5.74) is -0.277. The third-order valence-corrected chi connectivity index (χ3v) is 2.68. The number of esters is 1. The first-order valence-corrected chi connectivity index (χ1v) is 5.81. The maximum Gasteiger partial charge on any atom is 0.339 e. The van der Waals surface area contributed by atoms with Gasteiger partial charge >= 0.3 is 11.7 Å². The van der Waals surface area contributed by atoms with Crippen molar-refractivity contribution in [1.29, 1.82) is 0 Å². The van der Waals surface area contributed by atoms with Crippen LogP contribution in [0.15, 0.2) is 18.6 Å². The fraction of sp³-hybridized carbons (Fsp3) is 0.273. The summed E-state index contributed by atoms with van der Waals surface area (Å²) in [5, 5.41) is 17.5. The molecule has 2 heterocycles. The van der Waals surface area contributed by atoms with Crippen molar-refractivity contribution in [2.75, 3.05) is 19.1 Å². The molecule has 2 rings (SSSR count). The highest BCUT2D eigenvalue weighted by Gasteiger charge is 2.22. The lowest BCUT2D eigenvalue weighted by atomic mass is 10.2. The number of aromatic amines is 1. The lowest BCUT2D eigenvalue weighted by molar-refractivity contribution is -0.384. The van der Waals surface area contributed by atoms with Gasteiger partial charge in [0, 0.05) is 19.3 Å². The molecule has 2 aromatic rings. The van der Waals surface area contributed by atoms with Gasteiger partial charge in [-0.3, -0.25) is 15.2 Å². The predicted molar refractivity (Wildman–Crippen MR) is 70.7 cm³/mol. The summed E-state index contributed by atoms with van der Waals surface area (Å²) in [6.07, 6.45) is 2.57. The van der Waals surface area contributed by atoms with Crippen molar-refractivity contribution in [3.05, 3.63) is 40.1 Å². The van der Waals surface area contributed by atoms with Gasteiger partial charge in [0.05, 0.1) is 24.1 Å². The number of nitrogens with zero attached hydrogens (tertiary/aromatic N) is 5. The van der Waals surface area contributed by atoms with Crippen LogP contribution in [0.5, 0.6) is 0 Å². The Morgan fingerprint density at radius 3 is 2.86 bits per heavy atom. The maximum atomic E-state index is 11.4. The van der Waals surface area contributed by atoms with E-state index in [1.165, 1.54) is 24.5 Å². The molecule has 0 amide bonds. The van der Waals surface area contributed by atoms with Crippen molar-refractivity contribution < 1.29 is 14.5 Å². The Bertz CT molecular complexity index is 657. The zero-order valence-electron chi connectivity index (χ0n) is 11.3. The van der Waals surface area contributed by atoms with E-state index in [4.69, 9.17) is 0 Å². The third kappa shape index (κ3) is 3.11. The van der Waals surface area contributed by atoms with Crippen LogP contribution in [-0.2, 0) is 11.3 Å². The van der Waals surface area contributed by atoms with Gasteiger partial charge in [-0.25, -0.2) is 14.8 Å². The van der Waals surface area contributed by atoms with Crippen molar-refractivity contribution >= 4 is 17.5 Å². The van der Waals surface area contributed by atoms with E-state index < -0.39 is 10.9 Å². The molecule has 110 valence electrons. The molecule has 0 fully saturated rings. The Balaban J connectivity index is 2.34. The fourth-order valence-electron chi connectivity index (χ4n) is 1.71. The monoisotopic (exact) mass is 292 g/mol. The minimum atomic E-state index is -0.685. The second kappa shape index (κ2) is 5.94. The number of hydrogen-bond acceptors (Lipinski definition) is 8. The van der Waals surface area contributed by atoms with Gasteiger partial charge in [-0.15, -0.1) is 0 Å². The maximum absolute atomic E-state index is 11.4. The average molecular weight is 292 g/mol. The average Bonchev–Trinajstić information content (AvgIpc) is 2.98. The summed E-state index contributed by atoms with van der Waals surface area (Å²) in [4.78, 5) is 31.4. The van der Waals surface area contributed by atoms with Crippen LogP contribution >= 0.6 is 0 Å². The first-order chi connectivity index (χ1) is 10.0. The van der Waals surface area contributed by atoms with Crippen LogP contribution in [0.4, 0.5) is 11.5 Å². The molecule has 0 unspecified atom stereocenters. The Morgan fingerprint density at radius 1 is 1.52 bits per heavy atom. The molecule has 0 aliphatic carbocycles. The smallest absolute Gasteiger partial charge is 0.339 e. The van der Waals surface area contributed by atoms with Gasteiger partial charge in [0.1, 0.15) is 12.2 Å². The van der Waals surface area contributed by atoms with E-state index in [0.29, 0.717) is 5.82 Å². The highest BCUT2D eigenvalue weighted by atomic mass is 16.6. The molecule has 0 aromatic carbocycles. The van der Waals surface area contributed by atoms with E-state index >= 15 is 0 Å². The first kappa shape index (κ1) is 14.4. The highest BCUT2D eigenvalue weighted by molar-refractivity contribution is 5.90. The van der Waals surface area contributed by atoms with Crippen molar-refractivity contribution in [3.63, 3.8) is 0 Å². The van der Waals surface area contributed by atoms with Crippen LogP contribution in [0.1, 0.15) is 16.2 Å². The number of aromatic nitrogens is 4. The van der Waals surface area contributed by atoms with Gasteiger partial charge in [-0.05, 0) is 0 Å². The normalized spacial score (nSPS) is 10.2. The number of nitro groups is 1. The number of carbonyl (C=O) groups is 1. The van der Waals surface area contributed by atoms with Crippen molar-refractivity contribution in [3.8, 4) is 0 Å². The summed E-state index contributed by atoms with van der Waals surface area (Å²) < 4.78 is 4.52. The second-order valence-electron chi connectivity index (χ2n) is 4.10. The van der Waals surface area contributed by atoms with E-state index in [0.717, 1.165) is 6.07 Å². The molecule has 10 nitrogen and oxygen atoms in total. The standard InChI is InChI=1S/C11H12N6O4/c1-16(5-9-13-6-14-15-9)10-8(17(19)20)3-7(4-12-10)11(18)21-2/h3-4,6H,5H2,1-2H3,(H,13,14,15). The van der Waals surface area contributed by atoms with Crippen LogP contribution in [0.3, 0.4) is 0 Å². The van der Waals surface area contributed by atoms with E-state index in [1.807, 2.05) is 0 Å². The number of H-pyrrole nitrogens is 1. The molecular formula is C11H12N6O4. The predicted octanol–water partition coefficient (Wildman–Crippen LogP) is 0.531. The minimum Gasteiger partial charge on any atom is -0.465 e. The van der Waals surface area contributed by atoms with Crippen LogP contribution in [0.25, 0.3) is 0 Å². The van der Waals surface area contributed by atoms with Gasteiger partial charge < -0.3 is 9.64 Å². The lowest BCUT2D eigenvalue weighted by Gasteiger charge is -2.16. The molecule has 0 bridgehead atoms. The summed E-state index contributed by atoms with van der Waals surface area (Å²) in [7, 11) is 2.81. The highest BCUT2D eigenvalue weighted by Crippen LogP contribution is 2.26. The molecule has 1 N–H and O–H groups in total. The van der Waals surface area contributed by atoms with Crippen molar-refractivity contribution in [2.24, 2.45) is 0 Å². The number of hydrogen-bond donors (Lipinski definition) is 1. The van der Waals surface area contributed by atoms with Gasteiger partial charge in [0.15, 0.2) is 0 Å². The van der Waals surface area contributed by atoms with E-state index in [2.05, 4.69) is 24.9 Å². The van der Waals surface area contributed by atoms with Crippen molar-refractivity contribution in [2.45, 2.75) is 6.54 Å². The fourth-order valence-corrected chi connectivity index (χ4v) is 1.71. The quantitative estimate of drug-likeness (QED) is 0.480. The second-order valence-corrected chi connectivity index (χ2v) is 4.10. The number of ether oxygens (including phenoxy) is 1. The molecule has 0 aliphatic rings. The molecule has 0 atom stereocenters. The Labute approximate surface area is 118 Å². The summed E-state index contributed by atoms with van der Waals surface area (Å²) in [6.45, 7) is 0.255. The van der Waals surface area contributed by atoms with E-state index in [9.17, 15) is 14.9 Å². The Kier molecular flexibility index (Phi) is 4.07. The lowest BCUT2D eigenvalue weighted by Crippen LogP contribution is -2.20.